The third kappa shape index (κ3) is 7.60. The molecule has 1 aromatic carbocycles. The van der Waals surface area contributed by atoms with Gasteiger partial charge in [0.2, 0.25) is 0 Å². The van der Waals surface area contributed by atoms with Crippen LogP contribution in [0.25, 0.3) is 10.4 Å². The summed E-state index contributed by atoms with van der Waals surface area (Å²) in [6, 6.07) is 8.47. The van der Waals surface area contributed by atoms with Crippen LogP contribution in [-0.2, 0) is 14.3 Å². The van der Waals surface area contributed by atoms with Gasteiger partial charge in [-0.25, -0.2) is 9.59 Å². The van der Waals surface area contributed by atoms with Crippen molar-refractivity contribution in [3.05, 3.63) is 33.6 Å². The van der Waals surface area contributed by atoms with Crippen LogP contribution < -0.4 is 15.4 Å². The highest BCUT2D eigenvalue weighted by atomic mass is 79.9. The Hall–Kier alpha value is -1.81. The van der Waals surface area contributed by atoms with Crippen molar-refractivity contribution in [2.75, 3.05) is 32.1 Å². The number of piperidine rings is 1. The van der Waals surface area contributed by atoms with Crippen LogP contribution in [0.3, 0.4) is 0 Å². The predicted octanol–water partition coefficient (Wildman–Crippen LogP) is 5.27. The summed E-state index contributed by atoms with van der Waals surface area (Å²) in [4.78, 5) is 25.6. The van der Waals surface area contributed by atoms with Crippen LogP contribution >= 0.6 is 39.7 Å². The normalized spacial score (nSPS) is 14.2. The van der Waals surface area contributed by atoms with Crippen molar-refractivity contribution in [1.29, 1.82) is 0 Å². The molecule has 33 heavy (non-hydrogen) atoms. The summed E-state index contributed by atoms with van der Waals surface area (Å²) in [6.45, 7) is 7.06. The van der Waals surface area contributed by atoms with E-state index < -0.39 is 17.5 Å². The van der Waals surface area contributed by atoms with Crippen LogP contribution in [0.15, 0.2) is 28.7 Å². The minimum atomic E-state index is -0.621. The van der Waals surface area contributed by atoms with Gasteiger partial charge in [-0.1, -0.05) is 12.1 Å². The predicted molar refractivity (Wildman–Crippen MR) is 137 cm³/mol. The Balaban J connectivity index is 0.00000385. The molecule has 7 nitrogen and oxygen atoms in total. The number of carbonyl (C=O) groups excluding carboxylic acids is 2. The molecule has 0 saturated carbocycles. The van der Waals surface area contributed by atoms with E-state index in [1.807, 2.05) is 18.2 Å². The first-order valence-corrected chi connectivity index (χ1v) is 12.1. The zero-order valence-corrected chi connectivity index (χ0v) is 22.4. The quantitative estimate of drug-likeness (QED) is 0.445. The number of esters is 2. The zero-order valence-electron chi connectivity index (χ0n) is 19.2. The second kappa shape index (κ2) is 12.1. The van der Waals surface area contributed by atoms with Crippen LogP contribution in [0.1, 0.15) is 43.3 Å². The van der Waals surface area contributed by atoms with E-state index in [0.29, 0.717) is 10.5 Å². The van der Waals surface area contributed by atoms with Crippen molar-refractivity contribution in [3.8, 4) is 16.2 Å². The number of methoxy groups -OCH3 is 1. The van der Waals surface area contributed by atoms with Crippen LogP contribution in [0.5, 0.6) is 5.75 Å². The molecule has 1 aromatic heterocycles. The SMILES string of the molecule is COC(=O)c1sc(-c2cccc(NC3CCNCC3)c2)c(Br)c1OCC(=O)OC(C)(C)C.Cl. The molecular weight excluding hydrogens is 532 g/mol. The van der Waals surface area contributed by atoms with Gasteiger partial charge in [0.05, 0.1) is 16.5 Å². The first-order valence-electron chi connectivity index (χ1n) is 10.5. The van der Waals surface area contributed by atoms with Crippen molar-refractivity contribution in [3.63, 3.8) is 0 Å². The van der Waals surface area contributed by atoms with Crippen LogP contribution in [0.2, 0.25) is 0 Å². The van der Waals surface area contributed by atoms with Gasteiger partial charge < -0.3 is 24.8 Å². The van der Waals surface area contributed by atoms with Gasteiger partial charge in [-0.05, 0) is 80.3 Å². The van der Waals surface area contributed by atoms with E-state index in [9.17, 15) is 9.59 Å². The molecule has 0 amide bonds. The Morgan fingerprint density at radius 3 is 2.58 bits per heavy atom. The van der Waals surface area contributed by atoms with Gasteiger partial charge in [-0.15, -0.1) is 23.7 Å². The summed E-state index contributed by atoms with van der Waals surface area (Å²) in [5.41, 5.74) is 1.33. The number of halogens is 2. The number of anilines is 1. The van der Waals surface area contributed by atoms with E-state index >= 15 is 0 Å². The van der Waals surface area contributed by atoms with E-state index in [1.165, 1.54) is 18.4 Å². The maximum atomic E-state index is 12.4. The van der Waals surface area contributed by atoms with Crippen molar-refractivity contribution >= 4 is 57.3 Å². The van der Waals surface area contributed by atoms with Gasteiger partial charge >= 0.3 is 11.9 Å². The van der Waals surface area contributed by atoms with Crippen molar-refractivity contribution in [1.82, 2.24) is 5.32 Å². The third-order valence-electron chi connectivity index (χ3n) is 4.77. The topological polar surface area (TPSA) is 85.9 Å². The first-order chi connectivity index (χ1) is 15.2. The number of benzene rings is 1. The molecule has 2 aromatic rings. The summed E-state index contributed by atoms with van der Waals surface area (Å²) in [6.07, 6.45) is 2.14. The molecule has 2 heterocycles. The van der Waals surface area contributed by atoms with Crippen molar-refractivity contribution < 1.29 is 23.8 Å². The van der Waals surface area contributed by atoms with Gasteiger partial charge in [0.25, 0.3) is 0 Å². The second-order valence-electron chi connectivity index (χ2n) is 8.52. The Bertz CT molecular complexity index is 970. The standard InChI is InChI=1S/C23H29BrN2O5S.ClH/c1-23(2,3)31-17(27)13-30-19-18(24)20(32-21(19)22(28)29-4)14-6-5-7-16(12-14)26-15-8-10-25-11-9-15;/h5-7,12,15,25-26H,8-11,13H2,1-4H3;1H. The highest BCUT2D eigenvalue weighted by Gasteiger charge is 2.26. The molecule has 2 N–H and O–H groups in total. The van der Waals surface area contributed by atoms with E-state index in [-0.39, 0.29) is 29.6 Å². The van der Waals surface area contributed by atoms with Gasteiger partial charge in [0.15, 0.2) is 17.2 Å². The lowest BCUT2D eigenvalue weighted by Gasteiger charge is -2.24. The van der Waals surface area contributed by atoms with E-state index in [0.717, 1.165) is 42.1 Å². The summed E-state index contributed by atoms with van der Waals surface area (Å²) in [5.74, 6) is -0.759. The summed E-state index contributed by atoms with van der Waals surface area (Å²) in [7, 11) is 1.32. The lowest BCUT2D eigenvalue weighted by Crippen LogP contribution is -2.35. The number of carbonyl (C=O) groups is 2. The Morgan fingerprint density at radius 2 is 1.94 bits per heavy atom. The molecule has 1 aliphatic rings. The Kier molecular flexibility index (Phi) is 10.0. The second-order valence-corrected chi connectivity index (χ2v) is 10.3. The monoisotopic (exact) mass is 560 g/mol. The van der Waals surface area contributed by atoms with Crippen LogP contribution in [-0.4, -0.2) is 50.4 Å². The molecule has 0 spiro atoms. The molecule has 3 rings (SSSR count). The first kappa shape index (κ1) is 27.4. The Labute approximate surface area is 213 Å². The molecule has 0 radical (unpaired) electrons. The van der Waals surface area contributed by atoms with Gasteiger partial charge in [0.1, 0.15) is 5.60 Å². The van der Waals surface area contributed by atoms with E-state index in [1.54, 1.807) is 20.8 Å². The average molecular weight is 562 g/mol. The maximum absolute atomic E-state index is 12.4. The van der Waals surface area contributed by atoms with Crippen molar-refractivity contribution in [2.45, 2.75) is 45.3 Å². The minimum absolute atomic E-state index is 0. The molecule has 1 fully saturated rings. The number of hydrogen-bond acceptors (Lipinski definition) is 8. The van der Waals surface area contributed by atoms with Crippen LogP contribution in [0.4, 0.5) is 5.69 Å². The van der Waals surface area contributed by atoms with Crippen LogP contribution in [0, 0.1) is 0 Å². The molecule has 0 unspecified atom stereocenters. The molecule has 10 heteroatoms. The summed E-state index contributed by atoms with van der Waals surface area (Å²) >= 11 is 4.82. The van der Waals surface area contributed by atoms with Gasteiger partial charge in [0, 0.05) is 11.7 Å². The van der Waals surface area contributed by atoms with Gasteiger partial charge in [-0.3, -0.25) is 0 Å². The van der Waals surface area contributed by atoms with Gasteiger partial charge in [-0.2, -0.15) is 0 Å². The molecule has 0 atom stereocenters. The maximum Gasteiger partial charge on any atom is 0.351 e. The largest absolute Gasteiger partial charge is 0.479 e. The number of rotatable bonds is 7. The summed E-state index contributed by atoms with van der Waals surface area (Å²) < 4.78 is 16.5. The summed E-state index contributed by atoms with van der Waals surface area (Å²) in [5, 5.41) is 6.96. The zero-order chi connectivity index (χ0) is 23.3. The number of thiophene rings is 1. The highest BCUT2D eigenvalue weighted by molar-refractivity contribution is 9.10. The molecule has 1 aliphatic heterocycles. The van der Waals surface area contributed by atoms with E-state index in [2.05, 4.69) is 32.6 Å². The molecule has 0 aliphatic carbocycles. The Morgan fingerprint density at radius 1 is 1.24 bits per heavy atom. The average Bonchev–Trinajstić information content (AvgIpc) is 3.07. The minimum Gasteiger partial charge on any atom is -0.479 e. The number of ether oxygens (including phenoxy) is 3. The molecule has 0 bridgehead atoms. The molecule has 182 valence electrons. The number of nitrogens with one attached hydrogen (secondary N) is 2. The lowest BCUT2D eigenvalue weighted by molar-refractivity contribution is -0.157. The third-order valence-corrected chi connectivity index (χ3v) is 6.99. The fourth-order valence-corrected chi connectivity index (χ4v) is 5.36. The van der Waals surface area contributed by atoms with E-state index in [4.69, 9.17) is 14.2 Å². The highest BCUT2D eigenvalue weighted by Crippen LogP contribution is 2.46. The fraction of sp³-hybridized carbons (Fsp3) is 0.478. The molecular formula is C23H30BrClN2O5S. The van der Waals surface area contributed by atoms with Crippen molar-refractivity contribution in [2.24, 2.45) is 0 Å². The fourth-order valence-electron chi connectivity index (χ4n) is 3.39. The number of hydrogen-bond donors (Lipinski definition) is 2. The molecule has 1 saturated heterocycles. The lowest BCUT2D eigenvalue weighted by atomic mass is 10.1. The smallest absolute Gasteiger partial charge is 0.351 e.